The average molecular weight is 383 g/mol. The zero-order valence-electron chi connectivity index (χ0n) is 15.5. The van der Waals surface area contributed by atoms with Crippen molar-refractivity contribution in [2.24, 2.45) is 7.05 Å². The zero-order chi connectivity index (χ0) is 20.3. The van der Waals surface area contributed by atoms with Crippen LogP contribution >= 0.6 is 0 Å². The number of benzene rings is 1. The van der Waals surface area contributed by atoms with Crippen molar-refractivity contribution in [1.29, 1.82) is 0 Å². The molecular formula is C19H21N5O4. The minimum absolute atomic E-state index is 0.0454. The van der Waals surface area contributed by atoms with Crippen LogP contribution in [0.5, 0.6) is 5.75 Å². The van der Waals surface area contributed by atoms with Crippen LogP contribution in [0.4, 0.5) is 0 Å². The molecule has 9 heteroatoms. The van der Waals surface area contributed by atoms with E-state index in [0.717, 1.165) is 22.6 Å². The second-order valence-electron chi connectivity index (χ2n) is 6.51. The van der Waals surface area contributed by atoms with Gasteiger partial charge >= 0.3 is 0 Å². The Balaban J connectivity index is 0.000000706. The Kier molecular flexibility index (Phi) is 5.44. The van der Waals surface area contributed by atoms with E-state index in [2.05, 4.69) is 15.1 Å². The molecule has 1 unspecified atom stereocenters. The predicted octanol–water partition coefficient (Wildman–Crippen LogP) is 1.65. The SMILES string of the molecule is Cc1nn(C)cc1C(=O)N1Cc2[nH]cnc2C(c2cccc(O)c2)C1.O=CO. The van der Waals surface area contributed by atoms with Crippen LogP contribution in [-0.4, -0.2) is 53.8 Å². The van der Waals surface area contributed by atoms with E-state index in [4.69, 9.17) is 9.90 Å². The molecule has 4 rings (SSSR count). The number of carboxylic acid groups (broad SMARTS) is 1. The first-order chi connectivity index (χ1) is 13.4. The number of nitrogens with one attached hydrogen (secondary N) is 1. The fraction of sp³-hybridized carbons (Fsp3) is 0.263. The third-order valence-corrected chi connectivity index (χ3v) is 4.64. The van der Waals surface area contributed by atoms with Crippen LogP contribution in [0, 0.1) is 6.92 Å². The van der Waals surface area contributed by atoms with Gasteiger partial charge in [0, 0.05) is 25.7 Å². The summed E-state index contributed by atoms with van der Waals surface area (Å²) >= 11 is 0. The number of aryl methyl sites for hydroxylation is 2. The number of rotatable bonds is 2. The largest absolute Gasteiger partial charge is 0.508 e. The molecule has 146 valence electrons. The van der Waals surface area contributed by atoms with Gasteiger partial charge in [-0.1, -0.05) is 12.1 Å². The van der Waals surface area contributed by atoms with Gasteiger partial charge in [0.05, 0.1) is 35.5 Å². The van der Waals surface area contributed by atoms with Gasteiger partial charge in [0.25, 0.3) is 12.4 Å². The number of imidazole rings is 1. The molecular weight excluding hydrogens is 362 g/mol. The van der Waals surface area contributed by atoms with Crippen LogP contribution in [0.2, 0.25) is 0 Å². The summed E-state index contributed by atoms with van der Waals surface area (Å²) in [6, 6.07) is 7.13. The summed E-state index contributed by atoms with van der Waals surface area (Å²) in [5.74, 6) is 0.0835. The average Bonchev–Trinajstić information content (AvgIpc) is 3.26. The highest BCUT2D eigenvalue weighted by Crippen LogP contribution is 2.33. The maximum atomic E-state index is 13.0. The molecule has 0 saturated heterocycles. The molecule has 3 aromatic rings. The number of aromatic amines is 1. The summed E-state index contributed by atoms with van der Waals surface area (Å²) in [7, 11) is 1.81. The second-order valence-corrected chi connectivity index (χ2v) is 6.51. The van der Waals surface area contributed by atoms with E-state index in [9.17, 15) is 9.90 Å². The molecule has 28 heavy (non-hydrogen) atoms. The van der Waals surface area contributed by atoms with Gasteiger partial charge in [-0.15, -0.1) is 0 Å². The molecule has 1 aromatic carbocycles. The number of carbonyl (C=O) groups excluding carboxylic acids is 1. The van der Waals surface area contributed by atoms with Crippen LogP contribution in [0.15, 0.2) is 36.8 Å². The molecule has 1 atom stereocenters. The third-order valence-electron chi connectivity index (χ3n) is 4.64. The maximum absolute atomic E-state index is 13.0. The number of aromatic nitrogens is 4. The molecule has 0 bridgehead atoms. The number of phenolic OH excluding ortho intramolecular Hbond substituents is 1. The number of nitrogens with zero attached hydrogens (tertiary/aromatic N) is 4. The van der Waals surface area contributed by atoms with E-state index in [0.29, 0.717) is 18.7 Å². The van der Waals surface area contributed by atoms with E-state index >= 15 is 0 Å². The van der Waals surface area contributed by atoms with Gasteiger partial charge < -0.3 is 20.1 Å². The lowest BCUT2D eigenvalue weighted by Gasteiger charge is -2.32. The van der Waals surface area contributed by atoms with E-state index in [1.165, 1.54) is 0 Å². The number of hydrogen-bond donors (Lipinski definition) is 3. The number of aromatic hydroxyl groups is 1. The highest BCUT2D eigenvalue weighted by atomic mass is 16.3. The zero-order valence-corrected chi connectivity index (χ0v) is 15.5. The van der Waals surface area contributed by atoms with Gasteiger partial charge in [0.1, 0.15) is 5.75 Å². The molecule has 3 heterocycles. The monoisotopic (exact) mass is 383 g/mol. The van der Waals surface area contributed by atoms with Crippen molar-refractivity contribution in [2.75, 3.05) is 6.54 Å². The van der Waals surface area contributed by atoms with E-state index in [-0.39, 0.29) is 24.0 Å². The number of phenols is 1. The fourth-order valence-corrected chi connectivity index (χ4v) is 3.46. The molecule has 0 spiro atoms. The Labute approximate surface area is 161 Å². The van der Waals surface area contributed by atoms with Crippen molar-refractivity contribution in [3.05, 3.63) is 65.0 Å². The van der Waals surface area contributed by atoms with E-state index in [1.54, 1.807) is 34.2 Å². The number of fused-ring (bicyclic) bond motifs is 1. The molecule has 3 N–H and O–H groups in total. The van der Waals surface area contributed by atoms with Crippen LogP contribution in [0.3, 0.4) is 0 Å². The van der Waals surface area contributed by atoms with Crippen molar-refractivity contribution in [3.8, 4) is 5.75 Å². The highest BCUT2D eigenvalue weighted by molar-refractivity contribution is 5.95. The smallest absolute Gasteiger partial charge is 0.290 e. The summed E-state index contributed by atoms with van der Waals surface area (Å²) in [6.07, 6.45) is 3.41. The summed E-state index contributed by atoms with van der Waals surface area (Å²) in [4.78, 5) is 30.7. The standard InChI is InChI=1S/C18H19N5O2.CH2O2/c1-11-14(7-22(2)21-11)18(25)23-8-15(12-4-3-5-13(24)6-12)17-16(9-23)19-10-20-17;2-1-3/h3-7,10,15,24H,8-9H2,1-2H3,(H,19,20);1H,(H,2,3). The Morgan fingerprint density at radius 3 is 2.79 bits per heavy atom. The Morgan fingerprint density at radius 1 is 1.39 bits per heavy atom. The maximum Gasteiger partial charge on any atom is 0.290 e. The number of amides is 1. The van der Waals surface area contributed by atoms with E-state index < -0.39 is 0 Å². The first kappa shape index (κ1) is 19.2. The lowest BCUT2D eigenvalue weighted by molar-refractivity contribution is -0.122. The van der Waals surface area contributed by atoms with Gasteiger partial charge in [0.2, 0.25) is 0 Å². The lowest BCUT2D eigenvalue weighted by Crippen LogP contribution is -2.38. The number of H-pyrrole nitrogens is 1. The third kappa shape index (κ3) is 3.73. The van der Waals surface area contributed by atoms with Gasteiger partial charge in [-0.2, -0.15) is 5.10 Å². The van der Waals surface area contributed by atoms with E-state index in [1.807, 2.05) is 26.1 Å². The number of hydrogen-bond acceptors (Lipinski definition) is 5. The molecule has 0 radical (unpaired) electrons. The van der Waals surface area contributed by atoms with Crippen molar-refractivity contribution < 1.29 is 19.8 Å². The van der Waals surface area contributed by atoms with Gasteiger partial charge in [-0.3, -0.25) is 14.3 Å². The molecule has 9 nitrogen and oxygen atoms in total. The van der Waals surface area contributed by atoms with Crippen LogP contribution < -0.4 is 0 Å². The van der Waals surface area contributed by atoms with Crippen LogP contribution in [-0.2, 0) is 18.4 Å². The molecule has 1 aliphatic rings. The van der Waals surface area contributed by atoms with Crippen molar-refractivity contribution in [3.63, 3.8) is 0 Å². The summed E-state index contributed by atoms with van der Waals surface area (Å²) in [5, 5.41) is 21.0. The summed E-state index contributed by atoms with van der Waals surface area (Å²) in [5.41, 5.74) is 4.12. The van der Waals surface area contributed by atoms with Gasteiger partial charge in [0.15, 0.2) is 0 Å². The molecule has 0 fully saturated rings. The molecule has 1 amide bonds. The molecule has 0 saturated carbocycles. The quantitative estimate of drug-likeness (QED) is 0.578. The Hall–Kier alpha value is -3.62. The van der Waals surface area contributed by atoms with Crippen LogP contribution in [0.25, 0.3) is 0 Å². The number of carbonyl (C=O) groups is 2. The Morgan fingerprint density at radius 2 is 2.14 bits per heavy atom. The minimum Gasteiger partial charge on any atom is -0.508 e. The molecule has 2 aromatic heterocycles. The second kappa shape index (κ2) is 7.95. The first-order valence-corrected chi connectivity index (χ1v) is 8.63. The predicted molar refractivity (Wildman–Crippen MR) is 99.9 cm³/mol. The van der Waals surface area contributed by atoms with Crippen molar-refractivity contribution in [2.45, 2.75) is 19.4 Å². The van der Waals surface area contributed by atoms with Gasteiger partial charge in [-0.05, 0) is 24.6 Å². The van der Waals surface area contributed by atoms with Crippen molar-refractivity contribution in [1.82, 2.24) is 24.6 Å². The Bertz CT molecular complexity index is 994. The summed E-state index contributed by atoms with van der Waals surface area (Å²) < 4.78 is 1.65. The fourth-order valence-electron chi connectivity index (χ4n) is 3.46. The first-order valence-electron chi connectivity index (χ1n) is 8.63. The lowest BCUT2D eigenvalue weighted by atomic mass is 9.90. The summed E-state index contributed by atoms with van der Waals surface area (Å²) in [6.45, 7) is 2.58. The van der Waals surface area contributed by atoms with Gasteiger partial charge in [-0.25, -0.2) is 4.98 Å². The van der Waals surface area contributed by atoms with Crippen molar-refractivity contribution >= 4 is 12.4 Å². The minimum atomic E-state index is -0.250. The molecule has 0 aliphatic carbocycles. The molecule has 1 aliphatic heterocycles. The normalized spacial score (nSPS) is 15.4. The topological polar surface area (TPSA) is 124 Å². The van der Waals surface area contributed by atoms with Crippen LogP contribution in [0.1, 0.15) is 38.9 Å². The highest BCUT2D eigenvalue weighted by Gasteiger charge is 2.32.